The summed E-state index contributed by atoms with van der Waals surface area (Å²) in [6.45, 7) is 2.34. The SMILES string of the molecule is Cn1ccc(-c2ccccc2N2CCCC2)n1. The molecule has 0 atom stereocenters. The summed E-state index contributed by atoms with van der Waals surface area (Å²) in [4.78, 5) is 2.46. The van der Waals surface area contributed by atoms with E-state index in [1.165, 1.54) is 37.2 Å². The summed E-state index contributed by atoms with van der Waals surface area (Å²) in [7, 11) is 1.96. The number of benzene rings is 1. The van der Waals surface area contributed by atoms with Gasteiger partial charge in [-0.25, -0.2) is 0 Å². The van der Waals surface area contributed by atoms with Crippen LogP contribution in [0, 0.1) is 0 Å². The van der Waals surface area contributed by atoms with Crippen LogP contribution < -0.4 is 4.90 Å². The molecule has 0 unspecified atom stereocenters. The van der Waals surface area contributed by atoms with E-state index in [4.69, 9.17) is 0 Å². The Kier molecular flexibility index (Phi) is 2.59. The number of para-hydroxylation sites is 1. The van der Waals surface area contributed by atoms with Crippen molar-refractivity contribution in [1.29, 1.82) is 0 Å². The molecule has 0 saturated carbocycles. The molecule has 0 bridgehead atoms. The molecule has 0 spiro atoms. The summed E-state index contributed by atoms with van der Waals surface area (Å²) in [5, 5.41) is 4.50. The normalized spacial score (nSPS) is 15.5. The zero-order chi connectivity index (χ0) is 11.7. The van der Waals surface area contributed by atoms with Gasteiger partial charge in [0.2, 0.25) is 0 Å². The van der Waals surface area contributed by atoms with Gasteiger partial charge in [-0.05, 0) is 25.0 Å². The number of hydrogen-bond acceptors (Lipinski definition) is 2. The lowest BCUT2D eigenvalue weighted by Crippen LogP contribution is -2.18. The second-order valence-corrected chi connectivity index (χ2v) is 4.59. The molecule has 0 amide bonds. The van der Waals surface area contributed by atoms with Crippen LogP contribution in [0.4, 0.5) is 5.69 Å². The molecule has 3 nitrogen and oxygen atoms in total. The van der Waals surface area contributed by atoms with Crippen molar-refractivity contribution < 1.29 is 0 Å². The molecular weight excluding hydrogens is 210 g/mol. The third kappa shape index (κ3) is 1.93. The van der Waals surface area contributed by atoms with Gasteiger partial charge >= 0.3 is 0 Å². The highest BCUT2D eigenvalue weighted by Gasteiger charge is 2.16. The Labute approximate surface area is 102 Å². The average molecular weight is 227 g/mol. The van der Waals surface area contributed by atoms with Gasteiger partial charge in [0.1, 0.15) is 0 Å². The predicted octanol–water partition coefficient (Wildman–Crippen LogP) is 2.69. The zero-order valence-electron chi connectivity index (χ0n) is 10.1. The summed E-state index contributed by atoms with van der Waals surface area (Å²) in [6.07, 6.45) is 4.60. The molecule has 88 valence electrons. The standard InChI is InChI=1S/C14H17N3/c1-16-11-8-13(15-16)12-6-2-3-7-14(12)17-9-4-5-10-17/h2-3,6-8,11H,4-5,9-10H2,1H3. The van der Waals surface area contributed by atoms with E-state index in [1.807, 2.05) is 17.9 Å². The van der Waals surface area contributed by atoms with Crippen LogP contribution in [0.3, 0.4) is 0 Å². The third-order valence-electron chi connectivity index (χ3n) is 3.34. The highest BCUT2D eigenvalue weighted by molar-refractivity contribution is 5.76. The first-order valence-electron chi connectivity index (χ1n) is 6.18. The van der Waals surface area contributed by atoms with Crippen molar-refractivity contribution in [2.45, 2.75) is 12.8 Å². The lowest BCUT2D eigenvalue weighted by molar-refractivity contribution is 0.770. The van der Waals surface area contributed by atoms with Crippen molar-refractivity contribution in [2.75, 3.05) is 18.0 Å². The molecular formula is C14H17N3. The Hall–Kier alpha value is -1.77. The van der Waals surface area contributed by atoms with Crippen LogP contribution in [0.15, 0.2) is 36.5 Å². The molecule has 1 aliphatic heterocycles. The van der Waals surface area contributed by atoms with E-state index in [-0.39, 0.29) is 0 Å². The number of aromatic nitrogens is 2. The van der Waals surface area contributed by atoms with Crippen LogP contribution in [0.1, 0.15) is 12.8 Å². The van der Waals surface area contributed by atoms with Crippen LogP contribution in [-0.2, 0) is 7.05 Å². The van der Waals surface area contributed by atoms with Crippen LogP contribution in [-0.4, -0.2) is 22.9 Å². The fourth-order valence-electron chi connectivity index (χ4n) is 2.48. The van der Waals surface area contributed by atoms with Gasteiger partial charge in [0, 0.05) is 37.6 Å². The molecule has 1 fully saturated rings. The van der Waals surface area contributed by atoms with E-state index in [0.717, 1.165) is 5.69 Å². The Bertz CT molecular complexity index is 510. The maximum atomic E-state index is 4.50. The van der Waals surface area contributed by atoms with Crippen LogP contribution in [0.5, 0.6) is 0 Å². The van der Waals surface area contributed by atoms with Gasteiger partial charge in [0.15, 0.2) is 0 Å². The maximum absolute atomic E-state index is 4.50. The highest BCUT2D eigenvalue weighted by atomic mass is 15.2. The van der Waals surface area contributed by atoms with E-state index in [9.17, 15) is 0 Å². The highest BCUT2D eigenvalue weighted by Crippen LogP contribution is 2.31. The number of aryl methyl sites for hydroxylation is 1. The first-order valence-corrected chi connectivity index (χ1v) is 6.18. The average Bonchev–Trinajstić information content (AvgIpc) is 3.00. The van der Waals surface area contributed by atoms with Gasteiger partial charge in [-0.1, -0.05) is 18.2 Å². The van der Waals surface area contributed by atoms with Crippen molar-refractivity contribution in [1.82, 2.24) is 9.78 Å². The van der Waals surface area contributed by atoms with E-state index in [1.54, 1.807) is 0 Å². The number of rotatable bonds is 2. The number of anilines is 1. The van der Waals surface area contributed by atoms with Crippen LogP contribution in [0.2, 0.25) is 0 Å². The predicted molar refractivity (Wildman–Crippen MR) is 70.1 cm³/mol. The van der Waals surface area contributed by atoms with Crippen LogP contribution >= 0.6 is 0 Å². The van der Waals surface area contributed by atoms with Gasteiger partial charge in [-0.2, -0.15) is 5.10 Å². The fourth-order valence-corrected chi connectivity index (χ4v) is 2.48. The fraction of sp³-hybridized carbons (Fsp3) is 0.357. The van der Waals surface area contributed by atoms with Crippen molar-refractivity contribution in [3.05, 3.63) is 36.5 Å². The van der Waals surface area contributed by atoms with Crippen molar-refractivity contribution in [2.24, 2.45) is 7.05 Å². The minimum absolute atomic E-state index is 1.06. The summed E-state index contributed by atoms with van der Waals surface area (Å²) in [5.41, 5.74) is 3.63. The molecule has 0 N–H and O–H groups in total. The molecule has 2 aromatic rings. The Morgan fingerprint density at radius 3 is 2.53 bits per heavy atom. The van der Waals surface area contributed by atoms with Gasteiger partial charge in [0.25, 0.3) is 0 Å². The third-order valence-corrected chi connectivity index (χ3v) is 3.34. The molecule has 17 heavy (non-hydrogen) atoms. The van der Waals surface area contributed by atoms with E-state index < -0.39 is 0 Å². The van der Waals surface area contributed by atoms with E-state index in [0.29, 0.717) is 0 Å². The molecule has 1 aromatic heterocycles. The van der Waals surface area contributed by atoms with Gasteiger partial charge < -0.3 is 4.90 Å². The molecule has 3 rings (SSSR count). The quantitative estimate of drug-likeness (QED) is 0.786. The molecule has 3 heteroatoms. The summed E-state index contributed by atoms with van der Waals surface area (Å²) in [6, 6.07) is 10.6. The number of nitrogens with zero attached hydrogens (tertiary/aromatic N) is 3. The summed E-state index contributed by atoms with van der Waals surface area (Å²) in [5.74, 6) is 0. The topological polar surface area (TPSA) is 21.1 Å². The zero-order valence-corrected chi connectivity index (χ0v) is 10.1. The Morgan fingerprint density at radius 2 is 1.82 bits per heavy atom. The molecule has 1 aliphatic rings. The van der Waals surface area contributed by atoms with E-state index >= 15 is 0 Å². The molecule has 1 saturated heterocycles. The van der Waals surface area contributed by atoms with Gasteiger partial charge in [0.05, 0.1) is 5.69 Å². The summed E-state index contributed by atoms with van der Waals surface area (Å²) >= 11 is 0. The second-order valence-electron chi connectivity index (χ2n) is 4.59. The first kappa shape index (κ1) is 10.4. The van der Waals surface area contributed by atoms with E-state index in [2.05, 4.69) is 40.3 Å². The molecule has 0 aliphatic carbocycles. The molecule has 1 aromatic carbocycles. The van der Waals surface area contributed by atoms with Gasteiger partial charge in [-0.3, -0.25) is 4.68 Å². The smallest absolute Gasteiger partial charge is 0.0943 e. The second kappa shape index (κ2) is 4.24. The lowest BCUT2D eigenvalue weighted by Gasteiger charge is -2.20. The first-order chi connectivity index (χ1) is 8.34. The maximum Gasteiger partial charge on any atom is 0.0943 e. The molecule has 2 heterocycles. The monoisotopic (exact) mass is 227 g/mol. The minimum atomic E-state index is 1.06. The largest absolute Gasteiger partial charge is 0.371 e. The van der Waals surface area contributed by atoms with Crippen molar-refractivity contribution in [3.8, 4) is 11.3 Å². The summed E-state index contributed by atoms with van der Waals surface area (Å²) < 4.78 is 1.86. The Balaban J connectivity index is 2.03. The lowest BCUT2D eigenvalue weighted by atomic mass is 10.1. The van der Waals surface area contributed by atoms with Crippen molar-refractivity contribution >= 4 is 5.69 Å². The van der Waals surface area contributed by atoms with Crippen LogP contribution in [0.25, 0.3) is 11.3 Å². The number of hydrogen-bond donors (Lipinski definition) is 0. The minimum Gasteiger partial charge on any atom is -0.371 e. The van der Waals surface area contributed by atoms with Gasteiger partial charge in [-0.15, -0.1) is 0 Å². The Morgan fingerprint density at radius 1 is 1.06 bits per heavy atom. The molecule has 0 radical (unpaired) electrons. The van der Waals surface area contributed by atoms with Crippen molar-refractivity contribution in [3.63, 3.8) is 0 Å².